The Labute approximate surface area is 238 Å². The van der Waals surface area contributed by atoms with Crippen LogP contribution in [0, 0.1) is 5.41 Å². The molecular formula is C29H36F2N6O3S. The van der Waals surface area contributed by atoms with Crippen LogP contribution in [-0.2, 0) is 17.1 Å². The lowest BCUT2D eigenvalue weighted by Crippen LogP contribution is -2.39. The van der Waals surface area contributed by atoms with Crippen molar-refractivity contribution in [3.63, 3.8) is 0 Å². The Kier molecular flexibility index (Phi) is 6.87. The number of rotatable bonds is 7. The number of carbonyl (C=O) groups excluding carboxylic acids is 1. The van der Waals surface area contributed by atoms with Gasteiger partial charge in [-0.1, -0.05) is 0 Å². The quantitative estimate of drug-likeness (QED) is 0.395. The maximum Gasteiger partial charge on any atom is 0.257 e. The molecule has 3 fully saturated rings. The summed E-state index contributed by atoms with van der Waals surface area (Å²) in [5, 5.41) is 8.39. The molecule has 0 atom stereocenters. The highest BCUT2D eigenvalue weighted by atomic mass is 32.2. The number of amides is 1. The van der Waals surface area contributed by atoms with Gasteiger partial charge >= 0.3 is 0 Å². The van der Waals surface area contributed by atoms with E-state index in [2.05, 4.69) is 20.0 Å². The fourth-order valence-electron chi connectivity index (χ4n) is 6.00. The maximum atomic E-state index is 13.8. The monoisotopic (exact) mass is 586 g/mol. The minimum Gasteiger partial charge on any atom is -0.371 e. The molecule has 2 aliphatic heterocycles. The summed E-state index contributed by atoms with van der Waals surface area (Å²) >= 11 is 0. The number of hydrogen-bond acceptors (Lipinski definition) is 6. The molecule has 6 rings (SSSR count). The molecule has 1 aromatic heterocycles. The summed E-state index contributed by atoms with van der Waals surface area (Å²) < 4.78 is 56.4. The van der Waals surface area contributed by atoms with Gasteiger partial charge in [-0.05, 0) is 74.4 Å². The Balaban J connectivity index is 1.28. The van der Waals surface area contributed by atoms with Crippen LogP contribution < -0.4 is 19.8 Å². The first-order valence-corrected chi connectivity index (χ1v) is 15.9. The van der Waals surface area contributed by atoms with Crippen molar-refractivity contribution in [2.75, 3.05) is 51.8 Å². The fourth-order valence-corrected chi connectivity index (χ4v) is 6.63. The number of piperidine rings is 2. The molecule has 2 N–H and O–H groups in total. The van der Waals surface area contributed by atoms with Crippen molar-refractivity contribution in [1.29, 1.82) is 0 Å². The van der Waals surface area contributed by atoms with Crippen LogP contribution in [0.25, 0.3) is 10.9 Å². The van der Waals surface area contributed by atoms with Crippen LogP contribution in [0.2, 0.25) is 0 Å². The number of halogens is 2. The Morgan fingerprint density at radius 3 is 2.24 bits per heavy atom. The molecule has 3 aromatic rings. The second-order valence-corrected chi connectivity index (χ2v) is 13.7. The van der Waals surface area contributed by atoms with Crippen molar-refractivity contribution in [3.8, 4) is 0 Å². The Morgan fingerprint density at radius 2 is 1.59 bits per heavy atom. The molecule has 1 spiro atoms. The summed E-state index contributed by atoms with van der Waals surface area (Å²) in [5.41, 5.74) is 3.44. The van der Waals surface area contributed by atoms with E-state index in [9.17, 15) is 22.0 Å². The van der Waals surface area contributed by atoms with Crippen LogP contribution in [0.15, 0.2) is 36.4 Å². The minimum absolute atomic E-state index is 0.0462. The molecule has 0 bridgehead atoms. The molecule has 12 heteroatoms. The SMILES string of the molecule is CCS(=O)(=O)Nc1ccc(C(=O)Nc2ccc3c(c2)c(N2CCC(F)(F)CC2)nn3C)c(N2CCC3(CC2)CC3)c1. The first kappa shape index (κ1) is 27.7. The highest BCUT2D eigenvalue weighted by molar-refractivity contribution is 7.92. The molecule has 1 amide bonds. The molecule has 3 heterocycles. The summed E-state index contributed by atoms with van der Waals surface area (Å²) in [4.78, 5) is 17.7. The standard InChI is InChI=1S/C29H36F2N6O3S/c1-3-41(39,40)34-21-4-6-22(25(19-21)36-14-10-28(8-9-28)11-15-36)27(38)32-20-5-7-24-23(18-20)26(33-35(24)2)37-16-12-29(30,31)13-17-37/h4-7,18-19,34H,3,8-17H2,1-2H3,(H,32,38). The summed E-state index contributed by atoms with van der Waals surface area (Å²) in [6, 6.07) is 10.5. The van der Waals surface area contributed by atoms with Crippen LogP contribution in [0.1, 0.15) is 55.8 Å². The van der Waals surface area contributed by atoms with Gasteiger partial charge in [0.15, 0.2) is 5.82 Å². The van der Waals surface area contributed by atoms with Crippen molar-refractivity contribution < 1.29 is 22.0 Å². The molecule has 0 radical (unpaired) electrons. The van der Waals surface area contributed by atoms with Crippen molar-refractivity contribution in [3.05, 3.63) is 42.0 Å². The van der Waals surface area contributed by atoms with Crippen molar-refractivity contribution in [2.24, 2.45) is 12.5 Å². The van der Waals surface area contributed by atoms with Crippen LogP contribution in [-0.4, -0.2) is 62.0 Å². The van der Waals surface area contributed by atoms with Gasteiger partial charge in [0, 0.05) is 57.1 Å². The van der Waals surface area contributed by atoms with E-state index in [4.69, 9.17) is 0 Å². The predicted molar refractivity (Wildman–Crippen MR) is 158 cm³/mol. The van der Waals surface area contributed by atoms with Crippen molar-refractivity contribution in [2.45, 2.75) is 51.4 Å². The lowest BCUT2D eigenvalue weighted by molar-refractivity contribution is -0.0221. The number of carbonyl (C=O) groups is 1. The number of aryl methyl sites for hydroxylation is 1. The van der Waals surface area contributed by atoms with Crippen molar-refractivity contribution in [1.82, 2.24) is 9.78 Å². The molecule has 2 aromatic carbocycles. The zero-order valence-corrected chi connectivity index (χ0v) is 24.2. The lowest BCUT2D eigenvalue weighted by atomic mass is 9.93. The first-order chi connectivity index (χ1) is 19.5. The number of fused-ring (bicyclic) bond motifs is 1. The van der Waals surface area contributed by atoms with E-state index in [-0.39, 0.29) is 37.6 Å². The highest BCUT2D eigenvalue weighted by Gasteiger charge is 2.44. The summed E-state index contributed by atoms with van der Waals surface area (Å²) in [6.45, 7) is 3.62. The van der Waals surface area contributed by atoms with Gasteiger partial charge in [-0.3, -0.25) is 14.2 Å². The number of alkyl halides is 2. The minimum atomic E-state index is -3.47. The largest absolute Gasteiger partial charge is 0.371 e. The average molecular weight is 587 g/mol. The maximum absolute atomic E-state index is 13.8. The zero-order chi connectivity index (χ0) is 29.0. The molecule has 2 saturated heterocycles. The summed E-state index contributed by atoms with van der Waals surface area (Å²) in [5.74, 6) is -2.38. The first-order valence-electron chi connectivity index (χ1n) is 14.3. The Morgan fingerprint density at radius 1 is 0.927 bits per heavy atom. The molecule has 220 valence electrons. The third-order valence-electron chi connectivity index (χ3n) is 8.90. The van der Waals surface area contributed by atoms with Crippen LogP contribution in [0.5, 0.6) is 0 Å². The number of nitrogens with zero attached hydrogens (tertiary/aromatic N) is 4. The molecule has 9 nitrogen and oxygen atoms in total. The summed E-state index contributed by atoms with van der Waals surface area (Å²) in [6.07, 6.45) is 4.19. The van der Waals surface area contributed by atoms with E-state index in [1.54, 1.807) is 35.9 Å². The number of anilines is 4. The highest BCUT2D eigenvalue weighted by Crippen LogP contribution is 2.54. The van der Waals surface area contributed by atoms with E-state index < -0.39 is 15.9 Å². The number of sulfonamides is 1. The molecule has 3 aliphatic rings. The van der Waals surface area contributed by atoms with Gasteiger partial charge in [-0.25, -0.2) is 17.2 Å². The number of hydrogen-bond donors (Lipinski definition) is 2. The lowest BCUT2D eigenvalue weighted by Gasteiger charge is -2.35. The van der Waals surface area contributed by atoms with E-state index in [1.807, 2.05) is 24.1 Å². The fraction of sp³-hybridized carbons (Fsp3) is 0.517. The van der Waals surface area contributed by atoms with Gasteiger partial charge in [0.05, 0.1) is 28.2 Å². The third kappa shape index (κ3) is 5.71. The van der Waals surface area contributed by atoms with Gasteiger partial charge in [0.25, 0.3) is 11.8 Å². The van der Waals surface area contributed by atoms with E-state index in [0.29, 0.717) is 33.9 Å². The van der Waals surface area contributed by atoms with Crippen LogP contribution in [0.4, 0.5) is 31.7 Å². The number of aromatic nitrogens is 2. The second-order valence-electron chi connectivity index (χ2n) is 11.7. The van der Waals surface area contributed by atoms with Crippen LogP contribution in [0.3, 0.4) is 0 Å². The molecule has 1 aliphatic carbocycles. The van der Waals surface area contributed by atoms with Gasteiger partial charge in [0.1, 0.15) is 0 Å². The van der Waals surface area contributed by atoms with Gasteiger partial charge in [-0.15, -0.1) is 0 Å². The van der Waals surface area contributed by atoms with Gasteiger partial charge in [0.2, 0.25) is 10.0 Å². The molecule has 0 unspecified atom stereocenters. The van der Waals surface area contributed by atoms with Gasteiger partial charge < -0.3 is 15.1 Å². The van der Waals surface area contributed by atoms with Crippen LogP contribution >= 0.6 is 0 Å². The molecule has 1 saturated carbocycles. The normalized spacial score (nSPS) is 19.9. The smallest absolute Gasteiger partial charge is 0.257 e. The summed E-state index contributed by atoms with van der Waals surface area (Å²) in [7, 11) is -1.66. The zero-order valence-electron chi connectivity index (χ0n) is 23.4. The van der Waals surface area contributed by atoms with E-state index in [0.717, 1.165) is 36.8 Å². The number of benzene rings is 2. The van der Waals surface area contributed by atoms with Gasteiger partial charge in [-0.2, -0.15) is 5.10 Å². The third-order valence-corrected chi connectivity index (χ3v) is 10.2. The number of nitrogens with one attached hydrogen (secondary N) is 2. The Hall–Kier alpha value is -3.41. The second kappa shape index (κ2) is 10.1. The van der Waals surface area contributed by atoms with Crippen molar-refractivity contribution >= 4 is 49.7 Å². The molecule has 41 heavy (non-hydrogen) atoms. The average Bonchev–Trinajstić information content (AvgIpc) is 3.62. The topological polar surface area (TPSA) is 99.6 Å². The predicted octanol–water partition coefficient (Wildman–Crippen LogP) is 5.20. The Bertz CT molecular complexity index is 1580. The molecular weight excluding hydrogens is 550 g/mol. The van der Waals surface area contributed by atoms with E-state index >= 15 is 0 Å². The van der Waals surface area contributed by atoms with E-state index in [1.165, 1.54) is 12.8 Å².